The molecule has 0 unspecified atom stereocenters. The number of carbonyl (C=O) groups excluding carboxylic acids is 5. The predicted molar refractivity (Wildman–Crippen MR) is 117 cm³/mol. The second kappa shape index (κ2) is 11.9. The lowest BCUT2D eigenvalue weighted by Gasteiger charge is -2.42. The van der Waals surface area contributed by atoms with Crippen molar-refractivity contribution >= 4 is 73.7 Å². The molecule has 0 aliphatic carbocycles. The Labute approximate surface area is 206 Å². The van der Waals surface area contributed by atoms with Crippen LogP contribution in [0.15, 0.2) is 10.5 Å². The van der Waals surface area contributed by atoms with Gasteiger partial charge in [0.15, 0.2) is 23.5 Å². The molecule has 0 bridgehead atoms. The average molecular weight is 556 g/mol. The summed E-state index contributed by atoms with van der Waals surface area (Å²) in [5.41, 5.74) is -0.620. The molecule has 1 aliphatic heterocycles. The number of halogens is 1. The van der Waals surface area contributed by atoms with Crippen molar-refractivity contribution in [3.8, 4) is 0 Å². The zero-order valence-electron chi connectivity index (χ0n) is 17.9. The third kappa shape index (κ3) is 6.84. The quantitative estimate of drug-likeness (QED) is 0.0692. The van der Waals surface area contributed by atoms with Crippen LogP contribution in [0.1, 0.15) is 12.6 Å². The Kier molecular flexibility index (Phi) is 9.46. The maximum atomic E-state index is 12.8. The van der Waals surface area contributed by atoms with Gasteiger partial charge in [0, 0.05) is 5.38 Å². The lowest BCUT2D eigenvalue weighted by atomic mass is 9.98. The molecule has 2 atom stereocenters. The number of aromatic nitrogens is 1. The number of β-lactam (4-membered cyclic amide) rings is 1. The molecule has 192 valence electrons. The normalized spacial score (nSPS) is 17.8. The topological polar surface area (TPSA) is 220 Å². The molecule has 1 aromatic rings. The van der Waals surface area contributed by atoms with Crippen LogP contribution >= 0.6 is 22.9 Å². The molecule has 1 saturated heterocycles. The highest BCUT2D eigenvalue weighted by atomic mass is 35.5. The molecule has 0 spiro atoms. The van der Waals surface area contributed by atoms with Gasteiger partial charge in [0.2, 0.25) is 5.91 Å². The zero-order valence-corrected chi connectivity index (χ0v) is 20.3. The van der Waals surface area contributed by atoms with E-state index < -0.39 is 64.4 Å². The number of thiazole rings is 1. The Balaban J connectivity index is 2.23. The third-order valence-corrected chi connectivity index (χ3v) is 5.88. The third-order valence-electron chi connectivity index (χ3n) is 3.98. The van der Waals surface area contributed by atoms with Crippen LogP contribution in [0.2, 0.25) is 0 Å². The van der Waals surface area contributed by atoms with Crippen LogP contribution in [0.3, 0.4) is 0 Å². The summed E-state index contributed by atoms with van der Waals surface area (Å²) in [5, 5.41) is 9.29. The molecule has 1 aliphatic rings. The summed E-state index contributed by atoms with van der Waals surface area (Å²) in [6.45, 7) is 0.555. The van der Waals surface area contributed by atoms with Crippen LogP contribution < -0.4 is 10.6 Å². The summed E-state index contributed by atoms with van der Waals surface area (Å²) in [7, 11) is -4.12. The lowest BCUT2D eigenvalue weighted by Crippen LogP contribution is -2.75. The van der Waals surface area contributed by atoms with Crippen LogP contribution in [0.5, 0.6) is 0 Å². The molecule has 2 rings (SSSR count). The number of nitrogens with zero attached hydrogens (tertiary/aromatic N) is 3. The van der Waals surface area contributed by atoms with Crippen LogP contribution in [0, 0.1) is 0 Å². The SMILES string of the molecule is CCOC(=O)COC(=O)[C@H]1[C@@H](NC(=O)C(=NOC)c2csc(NC(=O)CCl)n2)C(=O)N1S(=O)(=O)O. The molecular weight excluding hydrogens is 538 g/mol. The van der Waals surface area contributed by atoms with Gasteiger partial charge >= 0.3 is 22.2 Å². The fourth-order valence-electron chi connectivity index (χ4n) is 2.61. The van der Waals surface area contributed by atoms with Gasteiger partial charge in [-0.3, -0.25) is 18.9 Å². The first-order chi connectivity index (χ1) is 16.4. The summed E-state index contributed by atoms with van der Waals surface area (Å²) in [6.07, 6.45) is 0. The van der Waals surface area contributed by atoms with Crippen molar-refractivity contribution < 1.29 is 51.3 Å². The first kappa shape index (κ1) is 27.9. The van der Waals surface area contributed by atoms with Crippen molar-refractivity contribution in [2.75, 3.05) is 31.5 Å². The summed E-state index contributed by atoms with van der Waals surface area (Å²) in [5.74, 6) is -5.81. The van der Waals surface area contributed by atoms with Gasteiger partial charge in [0.25, 0.3) is 11.8 Å². The zero-order chi connectivity index (χ0) is 26.3. The molecule has 2 heterocycles. The number of anilines is 1. The summed E-state index contributed by atoms with van der Waals surface area (Å²) < 4.78 is 41.3. The van der Waals surface area contributed by atoms with Gasteiger partial charge in [0.05, 0.1) is 6.61 Å². The van der Waals surface area contributed by atoms with Crippen molar-refractivity contribution in [1.29, 1.82) is 0 Å². The predicted octanol–water partition coefficient (Wildman–Crippen LogP) is -1.72. The number of hydrogen-bond acceptors (Lipinski definition) is 13. The van der Waals surface area contributed by atoms with E-state index in [4.69, 9.17) is 11.6 Å². The highest BCUT2D eigenvalue weighted by Gasteiger charge is 2.59. The Morgan fingerprint density at radius 3 is 2.57 bits per heavy atom. The Hall–Kier alpha value is -3.35. The lowest BCUT2D eigenvalue weighted by molar-refractivity contribution is -0.169. The van der Waals surface area contributed by atoms with Crippen LogP contribution in [-0.2, 0) is 48.6 Å². The summed E-state index contributed by atoms with van der Waals surface area (Å²) in [4.78, 5) is 68.8. The highest BCUT2D eigenvalue weighted by molar-refractivity contribution is 7.84. The fraction of sp³-hybridized carbons (Fsp3) is 0.438. The maximum Gasteiger partial charge on any atom is 0.363 e. The van der Waals surface area contributed by atoms with E-state index in [1.54, 1.807) is 0 Å². The first-order valence-electron chi connectivity index (χ1n) is 9.31. The van der Waals surface area contributed by atoms with Crippen LogP contribution in [0.25, 0.3) is 0 Å². The minimum absolute atomic E-state index is 0.0242. The van der Waals surface area contributed by atoms with Crippen LogP contribution in [-0.4, -0.2) is 95.9 Å². The maximum absolute atomic E-state index is 12.8. The van der Waals surface area contributed by atoms with Gasteiger partial charge in [-0.15, -0.1) is 22.9 Å². The second-order valence-corrected chi connectivity index (χ2v) is 8.68. The fourth-order valence-corrected chi connectivity index (χ4v) is 4.22. The molecule has 0 aromatic carbocycles. The summed E-state index contributed by atoms with van der Waals surface area (Å²) >= 11 is 6.30. The smallest absolute Gasteiger partial charge is 0.363 e. The van der Waals surface area contributed by atoms with Crippen LogP contribution in [0.4, 0.5) is 5.13 Å². The molecule has 0 radical (unpaired) electrons. The molecule has 3 N–H and O–H groups in total. The van der Waals surface area contributed by atoms with Crippen molar-refractivity contribution in [2.45, 2.75) is 19.0 Å². The molecular formula is C16H18ClN5O11S2. The Bertz CT molecular complexity index is 1150. The number of carbonyl (C=O) groups is 5. The van der Waals surface area contributed by atoms with Crippen molar-refractivity contribution in [3.63, 3.8) is 0 Å². The number of hydrogen-bond donors (Lipinski definition) is 3. The molecule has 1 aromatic heterocycles. The minimum atomic E-state index is -5.22. The van der Waals surface area contributed by atoms with E-state index in [0.29, 0.717) is 0 Å². The van der Waals surface area contributed by atoms with Gasteiger partial charge in [-0.1, -0.05) is 5.16 Å². The van der Waals surface area contributed by atoms with Gasteiger partial charge < -0.3 is 24.9 Å². The van der Waals surface area contributed by atoms with Crippen molar-refractivity contribution in [3.05, 3.63) is 11.1 Å². The van der Waals surface area contributed by atoms with Crippen molar-refractivity contribution in [2.24, 2.45) is 5.16 Å². The van der Waals surface area contributed by atoms with E-state index >= 15 is 0 Å². The van der Waals surface area contributed by atoms with E-state index in [-0.39, 0.29) is 27.6 Å². The number of esters is 2. The molecule has 19 heteroatoms. The van der Waals surface area contributed by atoms with Crippen molar-refractivity contribution in [1.82, 2.24) is 14.6 Å². The number of ether oxygens (including phenoxy) is 2. The minimum Gasteiger partial charge on any atom is -0.463 e. The number of amides is 3. The highest BCUT2D eigenvalue weighted by Crippen LogP contribution is 2.25. The first-order valence-corrected chi connectivity index (χ1v) is 12.1. The molecule has 0 saturated carbocycles. The van der Waals surface area contributed by atoms with Gasteiger partial charge in [-0.05, 0) is 6.92 Å². The van der Waals surface area contributed by atoms with Gasteiger partial charge in [-0.2, -0.15) is 12.7 Å². The second-order valence-electron chi connectivity index (χ2n) is 6.26. The summed E-state index contributed by atoms with van der Waals surface area (Å²) in [6, 6.07) is -3.86. The van der Waals surface area contributed by atoms with Gasteiger partial charge in [-0.25, -0.2) is 14.6 Å². The van der Waals surface area contributed by atoms with E-state index in [9.17, 15) is 36.9 Å². The van der Waals surface area contributed by atoms with E-state index in [0.717, 1.165) is 18.4 Å². The average Bonchev–Trinajstić information content (AvgIpc) is 3.24. The largest absolute Gasteiger partial charge is 0.463 e. The monoisotopic (exact) mass is 555 g/mol. The Morgan fingerprint density at radius 2 is 2.00 bits per heavy atom. The molecule has 3 amide bonds. The molecule has 16 nitrogen and oxygen atoms in total. The number of rotatable bonds is 11. The molecule has 1 fully saturated rings. The van der Waals surface area contributed by atoms with E-state index in [2.05, 4.69) is 35.1 Å². The van der Waals surface area contributed by atoms with E-state index in [1.165, 1.54) is 12.3 Å². The van der Waals surface area contributed by atoms with Gasteiger partial charge in [0.1, 0.15) is 24.7 Å². The number of nitrogens with one attached hydrogen (secondary N) is 2. The number of oxime groups is 1. The number of alkyl halides is 1. The Morgan fingerprint density at radius 1 is 1.31 bits per heavy atom. The standard InChI is InChI=1S/C16H18ClN5O11S2/c1-3-32-9(24)5-33-15(27)12-11(14(26)22(12)35(28,29)30)20-13(25)10(21-31-2)7-6-34-16(18-7)19-8(23)4-17/h6,11-12H,3-5H2,1-2H3,(H,20,25)(H,18,19,23)(H,28,29,30)/t11-,12-/m1/s1. The molecule has 35 heavy (non-hydrogen) atoms. The van der Waals surface area contributed by atoms with E-state index in [1.807, 2.05) is 0 Å².